The lowest BCUT2D eigenvalue weighted by Gasteiger charge is -2.12. The topological polar surface area (TPSA) is 113 Å². The Morgan fingerprint density at radius 2 is 1.19 bits per heavy atom. The van der Waals surface area contributed by atoms with Gasteiger partial charge in [0.05, 0.1) is 66.1 Å². The molecule has 1 amide bonds. The molecule has 0 radical (unpaired) electrons. The van der Waals surface area contributed by atoms with Gasteiger partial charge in [0.25, 0.3) is 5.91 Å². The Kier molecular flexibility index (Phi) is 15.4. The molecule has 0 aromatic heterocycles. The van der Waals surface area contributed by atoms with E-state index in [0.29, 0.717) is 84.7 Å². The summed E-state index contributed by atoms with van der Waals surface area (Å²) in [5.41, 5.74) is 9.77. The molecule has 0 aliphatic carbocycles. The summed E-state index contributed by atoms with van der Waals surface area (Å²) >= 11 is 0. The zero-order chi connectivity index (χ0) is 25.8. The van der Waals surface area contributed by atoms with Crippen molar-refractivity contribution in [1.29, 1.82) is 0 Å². The number of hydrogen-bond donors (Lipinski definition) is 3. The summed E-state index contributed by atoms with van der Waals surface area (Å²) in [5.74, 6) is -0.117. The van der Waals surface area contributed by atoms with Gasteiger partial charge in [0.15, 0.2) is 0 Å². The lowest BCUT2D eigenvalue weighted by Crippen LogP contribution is -2.16. The highest BCUT2D eigenvalue weighted by atomic mass is 16.6. The Morgan fingerprint density at radius 3 is 1.72 bits per heavy atom. The van der Waals surface area contributed by atoms with Gasteiger partial charge in [-0.2, -0.15) is 0 Å². The summed E-state index contributed by atoms with van der Waals surface area (Å²) in [5, 5.41) is 6.25. The van der Waals surface area contributed by atoms with E-state index in [1.165, 1.54) is 0 Å². The second-order valence-corrected chi connectivity index (χ2v) is 8.13. The highest BCUT2D eigenvalue weighted by Gasteiger charge is 2.10. The van der Waals surface area contributed by atoms with E-state index in [4.69, 9.17) is 29.4 Å². The molecule has 0 heterocycles. The van der Waals surface area contributed by atoms with Crippen molar-refractivity contribution in [3.8, 4) is 0 Å². The van der Waals surface area contributed by atoms with Gasteiger partial charge in [-0.15, -0.1) is 0 Å². The van der Waals surface area contributed by atoms with Crippen LogP contribution in [-0.2, 0) is 23.7 Å². The van der Waals surface area contributed by atoms with Crippen molar-refractivity contribution in [2.24, 2.45) is 5.73 Å². The van der Waals surface area contributed by atoms with Crippen LogP contribution in [0.5, 0.6) is 0 Å². The molecule has 2 aromatic rings. The van der Waals surface area contributed by atoms with Crippen LogP contribution in [0.3, 0.4) is 0 Å². The molecular weight excluding hydrogens is 462 g/mol. The standard InChI is InChI=1S/C27H41N3O6/c1-22-3-5-24(6-4-22)30-27(31)26-8-7-25(21-23(26)2)29-10-12-33-14-16-35-18-20-36-19-17-34-15-13-32-11-9-28/h3-8,21,29H,9-20,28H2,1-2H3,(H,30,31). The number of ether oxygens (including phenoxy) is 5. The first-order chi connectivity index (χ1) is 17.6. The molecule has 0 fully saturated rings. The maximum Gasteiger partial charge on any atom is 0.255 e. The fourth-order valence-corrected chi connectivity index (χ4v) is 3.20. The van der Waals surface area contributed by atoms with Crippen LogP contribution in [-0.4, -0.2) is 85.1 Å². The lowest BCUT2D eigenvalue weighted by molar-refractivity contribution is -0.00985. The normalized spacial score (nSPS) is 11.0. The molecule has 0 spiro atoms. The largest absolute Gasteiger partial charge is 0.383 e. The van der Waals surface area contributed by atoms with Gasteiger partial charge in [-0.3, -0.25) is 4.79 Å². The summed E-state index contributed by atoms with van der Waals surface area (Å²) in [6.07, 6.45) is 0. The molecule has 0 saturated heterocycles. The van der Waals surface area contributed by atoms with E-state index >= 15 is 0 Å². The summed E-state index contributed by atoms with van der Waals surface area (Å²) < 4.78 is 27.1. The Bertz CT molecular complexity index is 863. The predicted molar refractivity (Wildman–Crippen MR) is 142 cm³/mol. The molecule has 9 heteroatoms. The number of carbonyl (C=O) groups is 1. The van der Waals surface area contributed by atoms with E-state index in [0.717, 1.165) is 22.5 Å². The van der Waals surface area contributed by atoms with E-state index in [9.17, 15) is 4.79 Å². The van der Waals surface area contributed by atoms with Crippen LogP contribution in [0.1, 0.15) is 21.5 Å². The molecule has 0 atom stereocenters. The van der Waals surface area contributed by atoms with Crippen LogP contribution in [0, 0.1) is 13.8 Å². The van der Waals surface area contributed by atoms with Gasteiger partial charge >= 0.3 is 0 Å². The number of anilines is 2. The van der Waals surface area contributed by atoms with Crippen LogP contribution >= 0.6 is 0 Å². The number of nitrogens with two attached hydrogens (primary N) is 1. The van der Waals surface area contributed by atoms with Crippen LogP contribution < -0.4 is 16.4 Å². The van der Waals surface area contributed by atoms with Gasteiger partial charge < -0.3 is 40.1 Å². The second kappa shape index (κ2) is 18.7. The Hall–Kier alpha value is -2.53. The van der Waals surface area contributed by atoms with Crippen LogP contribution in [0.15, 0.2) is 42.5 Å². The van der Waals surface area contributed by atoms with E-state index in [-0.39, 0.29) is 5.91 Å². The molecule has 0 bridgehead atoms. The Balaban J connectivity index is 1.46. The van der Waals surface area contributed by atoms with Crippen molar-refractivity contribution < 1.29 is 28.5 Å². The van der Waals surface area contributed by atoms with Crippen molar-refractivity contribution >= 4 is 17.3 Å². The molecule has 0 saturated carbocycles. The van der Waals surface area contributed by atoms with E-state index < -0.39 is 0 Å². The number of rotatable bonds is 20. The fourth-order valence-electron chi connectivity index (χ4n) is 3.20. The summed E-state index contributed by atoms with van der Waals surface area (Å²) in [4.78, 5) is 12.6. The van der Waals surface area contributed by atoms with E-state index in [1.54, 1.807) is 0 Å². The van der Waals surface area contributed by atoms with Crippen molar-refractivity contribution in [2.45, 2.75) is 13.8 Å². The van der Waals surface area contributed by atoms with Gasteiger partial charge in [-0.1, -0.05) is 17.7 Å². The number of benzene rings is 2. The number of carbonyl (C=O) groups excluding carboxylic acids is 1. The number of hydrogen-bond acceptors (Lipinski definition) is 8. The van der Waals surface area contributed by atoms with Gasteiger partial charge in [0.2, 0.25) is 0 Å². The number of amides is 1. The average Bonchev–Trinajstić information content (AvgIpc) is 2.87. The molecule has 4 N–H and O–H groups in total. The molecule has 200 valence electrons. The van der Waals surface area contributed by atoms with Crippen LogP contribution in [0.25, 0.3) is 0 Å². The molecular formula is C27H41N3O6. The first-order valence-electron chi connectivity index (χ1n) is 12.4. The minimum atomic E-state index is -0.117. The SMILES string of the molecule is Cc1ccc(NC(=O)c2ccc(NCCOCCOCCOCCOCCOCCN)cc2C)cc1. The third-order valence-electron chi connectivity index (χ3n) is 5.11. The third-order valence-corrected chi connectivity index (χ3v) is 5.11. The van der Waals surface area contributed by atoms with Crippen LogP contribution in [0.4, 0.5) is 11.4 Å². The highest BCUT2D eigenvalue weighted by molar-refractivity contribution is 6.05. The molecule has 36 heavy (non-hydrogen) atoms. The predicted octanol–water partition coefficient (Wildman–Crippen LogP) is 3.01. The first kappa shape index (κ1) is 29.7. The molecule has 9 nitrogen and oxygen atoms in total. The minimum Gasteiger partial charge on any atom is -0.383 e. The maximum atomic E-state index is 12.6. The number of aryl methyl sites for hydroxylation is 2. The zero-order valence-electron chi connectivity index (χ0n) is 21.6. The smallest absolute Gasteiger partial charge is 0.255 e. The maximum absolute atomic E-state index is 12.6. The van der Waals surface area contributed by atoms with E-state index in [1.807, 2.05) is 56.3 Å². The summed E-state index contributed by atoms with van der Waals surface area (Å²) in [7, 11) is 0. The molecule has 2 aromatic carbocycles. The molecule has 0 unspecified atom stereocenters. The van der Waals surface area contributed by atoms with Gasteiger partial charge in [0, 0.05) is 30.0 Å². The number of nitrogens with one attached hydrogen (secondary N) is 2. The minimum absolute atomic E-state index is 0.117. The fraction of sp³-hybridized carbons (Fsp3) is 0.519. The Labute approximate surface area is 214 Å². The molecule has 2 rings (SSSR count). The second-order valence-electron chi connectivity index (χ2n) is 8.13. The van der Waals surface area contributed by atoms with Crippen molar-refractivity contribution in [3.05, 3.63) is 59.2 Å². The van der Waals surface area contributed by atoms with Crippen molar-refractivity contribution in [3.63, 3.8) is 0 Å². The van der Waals surface area contributed by atoms with E-state index in [2.05, 4.69) is 10.6 Å². The summed E-state index contributed by atoms with van der Waals surface area (Å²) in [6, 6.07) is 13.5. The van der Waals surface area contributed by atoms with Crippen molar-refractivity contribution in [1.82, 2.24) is 0 Å². The summed E-state index contributed by atoms with van der Waals surface area (Å²) in [6.45, 7) is 10.5. The molecule has 0 aliphatic heterocycles. The lowest BCUT2D eigenvalue weighted by atomic mass is 10.1. The highest BCUT2D eigenvalue weighted by Crippen LogP contribution is 2.17. The Morgan fingerprint density at radius 1 is 0.694 bits per heavy atom. The molecule has 0 aliphatic rings. The van der Waals surface area contributed by atoms with Crippen molar-refractivity contribution in [2.75, 3.05) is 89.8 Å². The first-order valence-corrected chi connectivity index (χ1v) is 12.4. The zero-order valence-corrected chi connectivity index (χ0v) is 21.6. The third kappa shape index (κ3) is 13.0. The van der Waals surface area contributed by atoms with Gasteiger partial charge in [-0.05, 0) is 49.7 Å². The van der Waals surface area contributed by atoms with Gasteiger partial charge in [0.1, 0.15) is 0 Å². The quantitative estimate of drug-likeness (QED) is 0.236. The van der Waals surface area contributed by atoms with Gasteiger partial charge in [-0.25, -0.2) is 0 Å². The average molecular weight is 504 g/mol. The monoisotopic (exact) mass is 503 g/mol. The van der Waals surface area contributed by atoms with Crippen LogP contribution in [0.2, 0.25) is 0 Å².